The maximum absolute atomic E-state index is 10.9. The summed E-state index contributed by atoms with van der Waals surface area (Å²) in [7, 11) is 0. The third-order valence-electron chi connectivity index (χ3n) is 4.88. The number of hydrogen-bond donors (Lipinski definition) is 6. The van der Waals surface area contributed by atoms with Gasteiger partial charge in [-0.1, -0.05) is 0 Å². The Hall–Kier alpha value is -4.36. The van der Waals surface area contributed by atoms with E-state index in [9.17, 15) is 19.7 Å². The van der Waals surface area contributed by atoms with E-state index in [1.54, 1.807) is 12.4 Å². The molecule has 0 saturated heterocycles. The molecule has 4 aromatic heterocycles. The van der Waals surface area contributed by atoms with E-state index in [0.717, 1.165) is 16.6 Å². The number of H-pyrrole nitrogens is 2. The third-order valence-corrected chi connectivity index (χ3v) is 4.88. The van der Waals surface area contributed by atoms with Crippen LogP contribution in [0.4, 0.5) is 5.69 Å². The van der Waals surface area contributed by atoms with E-state index >= 15 is 0 Å². The molecular formula is C20H21N7O6. The minimum atomic E-state index is -1.16. The summed E-state index contributed by atoms with van der Waals surface area (Å²) < 4.78 is 0. The fourth-order valence-electron chi connectivity index (χ4n) is 3.25. The van der Waals surface area contributed by atoms with Crippen molar-refractivity contribution in [2.45, 2.75) is 24.9 Å². The minimum Gasteiger partial charge on any atom is -0.480 e. The normalized spacial score (nSPS) is 12.7. The number of carbonyl (C=O) groups is 2. The zero-order chi connectivity index (χ0) is 24.1. The predicted octanol–water partition coefficient (Wildman–Crippen LogP) is 0.943. The SMILES string of the molecule is NC(Cc1c[nH]c2nccc([N+](=O)[O-])c12)C(=O)O.NC(Cc1c[nH]c2ncccc12)C(=O)O. The summed E-state index contributed by atoms with van der Waals surface area (Å²) in [6, 6.07) is 2.99. The van der Waals surface area contributed by atoms with Gasteiger partial charge in [-0.05, 0) is 23.3 Å². The van der Waals surface area contributed by atoms with Crippen molar-refractivity contribution in [1.29, 1.82) is 0 Å². The van der Waals surface area contributed by atoms with Crippen LogP contribution in [0.1, 0.15) is 11.1 Å². The highest BCUT2D eigenvalue weighted by molar-refractivity contribution is 5.89. The summed E-state index contributed by atoms with van der Waals surface area (Å²) in [5, 5.41) is 29.6. The molecule has 0 fully saturated rings. The Kier molecular flexibility index (Phi) is 6.95. The lowest BCUT2D eigenvalue weighted by Gasteiger charge is -2.04. The smallest absolute Gasteiger partial charge is 0.320 e. The third kappa shape index (κ3) is 5.28. The molecule has 4 rings (SSSR count). The van der Waals surface area contributed by atoms with Crippen LogP contribution in [0.15, 0.2) is 43.0 Å². The van der Waals surface area contributed by atoms with Crippen LogP contribution in [-0.4, -0.2) is 59.1 Å². The fraction of sp³-hybridized carbons (Fsp3) is 0.200. The van der Waals surface area contributed by atoms with E-state index in [-0.39, 0.29) is 12.1 Å². The second-order valence-corrected chi connectivity index (χ2v) is 7.14. The molecule has 0 aliphatic carbocycles. The van der Waals surface area contributed by atoms with Gasteiger partial charge < -0.3 is 31.6 Å². The molecule has 0 saturated carbocycles. The number of fused-ring (bicyclic) bond motifs is 2. The topological polar surface area (TPSA) is 227 Å². The first-order valence-corrected chi connectivity index (χ1v) is 9.66. The van der Waals surface area contributed by atoms with E-state index in [1.807, 2.05) is 12.1 Å². The van der Waals surface area contributed by atoms with Crippen molar-refractivity contribution in [2.24, 2.45) is 11.5 Å². The van der Waals surface area contributed by atoms with E-state index in [1.165, 1.54) is 18.5 Å². The largest absolute Gasteiger partial charge is 0.480 e. The molecule has 0 amide bonds. The maximum atomic E-state index is 10.9. The number of aromatic amines is 2. The summed E-state index contributed by atoms with van der Waals surface area (Å²) in [6.07, 6.45) is 6.55. The van der Waals surface area contributed by atoms with Gasteiger partial charge in [0.15, 0.2) is 0 Å². The van der Waals surface area contributed by atoms with Crippen LogP contribution in [-0.2, 0) is 22.4 Å². The second kappa shape index (κ2) is 9.84. The molecule has 2 unspecified atom stereocenters. The Balaban J connectivity index is 0.000000189. The zero-order valence-corrected chi connectivity index (χ0v) is 17.1. The van der Waals surface area contributed by atoms with Gasteiger partial charge >= 0.3 is 11.9 Å². The molecule has 0 bridgehead atoms. The number of nitrogens with one attached hydrogen (secondary N) is 2. The number of hydrogen-bond acceptors (Lipinski definition) is 8. The number of carboxylic acid groups (broad SMARTS) is 2. The van der Waals surface area contributed by atoms with Crippen molar-refractivity contribution in [3.63, 3.8) is 0 Å². The number of nitrogens with two attached hydrogens (primary N) is 2. The number of aromatic nitrogens is 4. The molecule has 2 atom stereocenters. The standard InChI is InChI=1S/C10H10N4O4.C10H11N3O2/c11-6(10(15)16)3-5-4-13-9-8(5)7(14(17)18)1-2-12-9;11-8(10(14)15)4-6-5-13-9-7(6)2-1-3-12-9/h1-2,4,6H,3,11H2,(H,12,13)(H,15,16);1-3,5,8H,4,11H2,(H,12,13)(H,14,15). The van der Waals surface area contributed by atoms with Crippen molar-refractivity contribution < 1.29 is 24.7 Å². The van der Waals surface area contributed by atoms with Gasteiger partial charge in [-0.15, -0.1) is 0 Å². The van der Waals surface area contributed by atoms with Crippen molar-refractivity contribution in [1.82, 2.24) is 19.9 Å². The van der Waals surface area contributed by atoms with Crippen LogP contribution >= 0.6 is 0 Å². The molecule has 0 aliphatic heterocycles. The monoisotopic (exact) mass is 455 g/mol. The summed E-state index contributed by atoms with van der Waals surface area (Å²) in [5.74, 6) is -2.15. The molecular weight excluding hydrogens is 434 g/mol. The molecule has 4 aromatic rings. The fourth-order valence-corrected chi connectivity index (χ4v) is 3.25. The van der Waals surface area contributed by atoms with Crippen LogP contribution < -0.4 is 11.5 Å². The van der Waals surface area contributed by atoms with Gasteiger partial charge in [-0.25, -0.2) is 9.97 Å². The van der Waals surface area contributed by atoms with Gasteiger partial charge in [-0.3, -0.25) is 19.7 Å². The van der Waals surface area contributed by atoms with Crippen molar-refractivity contribution >= 4 is 39.7 Å². The molecule has 4 heterocycles. The summed E-state index contributed by atoms with van der Waals surface area (Å²) in [5.41, 5.74) is 13.2. The van der Waals surface area contributed by atoms with E-state index in [4.69, 9.17) is 21.7 Å². The van der Waals surface area contributed by atoms with Crippen LogP contribution in [0.25, 0.3) is 22.1 Å². The van der Waals surface area contributed by atoms with Gasteiger partial charge in [0.2, 0.25) is 0 Å². The number of rotatable bonds is 7. The highest BCUT2D eigenvalue weighted by atomic mass is 16.6. The molecule has 33 heavy (non-hydrogen) atoms. The molecule has 0 spiro atoms. The number of pyridine rings is 2. The van der Waals surface area contributed by atoms with Crippen molar-refractivity contribution in [3.05, 3.63) is 64.2 Å². The Bertz CT molecular complexity index is 1310. The van der Waals surface area contributed by atoms with E-state index < -0.39 is 28.9 Å². The van der Waals surface area contributed by atoms with Crippen molar-refractivity contribution in [3.8, 4) is 0 Å². The van der Waals surface area contributed by atoms with Gasteiger partial charge in [-0.2, -0.15) is 0 Å². The molecule has 13 heteroatoms. The molecule has 0 aliphatic rings. The molecule has 13 nitrogen and oxygen atoms in total. The second-order valence-electron chi connectivity index (χ2n) is 7.14. The highest BCUT2D eigenvalue weighted by Gasteiger charge is 2.21. The first-order chi connectivity index (χ1) is 15.7. The van der Waals surface area contributed by atoms with E-state index in [2.05, 4.69) is 19.9 Å². The van der Waals surface area contributed by atoms with Gasteiger partial charge in [0.25, 0.3) is 5.69 Å². The summed E-state index contributed by atoms with van der Waals surface area (Å²) >= 11 is 0. The van der Waals surface area contributed by atoms with Crippen LogP contribution in [0.5, 0.6) is 0 Å². The Morgan fingerprint density at radius 2 is 1.55 bits per heavy atom. The predicted molar refractivity (Wildman–Crippen MR) is 117 cm³/mol. The zero-order valence-electron chi connectivity index (χ0n) is 17.1. The maximum Gasteiger partial charge on any atom is 0.320 e. The molecule has 0 aromatic carbocycles. The number of carboxylic acids is 2. The van der Waals surface area contributed by atoms with E-state index in [0.29, 0.717) is 23.0 Å². The van der Waals surface area contributed by atoms with Crippen molar-refractivity contribution in [2.75, 3.05) is 0 Å². The number of nitro groups is 1. The van der Waals surface area contributed by atoms with Gasteiger partial charge in [0.1, 0.15) is 23.4 Å². The highest BCUT2D eigenvalue weighted by Crippen LogP contribution is 2.27. The first-order valence-electron chi connectivity index (χ1n) is 9.66. The van der Waals surface area contributed by atoms with Gasteiger partial charge in [0.05, 0.1) is 10.3 Å². The molecule has 8 N–H and O–H groups in total. The lowest BCUT2D eigenvalue weighted by Crippen LogP contribution is -2.32. The van der Waals surface area contributed by atoms with Crippen LogP contribution in [0.3, 0.4) is 0 Å². The summed E-state index contributed by atoms with van der Waals surface area (Å²) in [6.45, 7) is 0. The number of nitrogens with zero attached hydrogens (tertiary/aromatic N) is 3. The molecule has 0 radical (unpaired) electrons. The quantitative estimate of drug-likeness (QED) is 0.171. The average Bonchev–Trinajstić information content (AvgIpc) is 3.38. The first kappa shape index (κ1) is 23.3. The van der Waals surface area contributed by atoms with Crippen LogP contribution in [0.2, 0.25) is 0 Å². The Morgan fingerprint density at radius 1 is 0.970 bits per heavy atom. The lowest BCUT2D eigenvalue weighted by molar-refractivity contribution is -0.383. The number of aliphatic carboxylic acids is 2. The lowest BCUT2D eigenvalue weighted by atomic mass is 10.1. The minimum absolute atomic E-state index is 0.00185. The van der Waals surface area contributed by atoms with Gasteiger partial charge in [0, 0.05) is 49.1 Å². The Labute approximate surface area is 185 Å². The Morgan fingerprint density at radius 3 is 2.18 bits per heavy atom. The summed E-state index contributed by atoms with van der Waals surface area (Å²) in [4.78, 5) is 45.5. The molecule has 172 valence electrons. The van der Waals surface area contributed by atoms with Crippen LogP contribution in [0, 0.1) is 10.1 Å². The average molecular weight is 455 g/mol.